The third-order valence-electron chi connectivity index (χ3n) is 2.31. The lowest BCUT2D eigenvalue weighted by atomic mass is 10.2. The number of carbonyl (C=O) groups excluding carboxylic acids is 1. The smallest absolute Gasteiger partial charge is 0.258 e. The van der Waals surface area contributed by atoms with Gasteiger partial charge < -0.3 is 11.1 Å². The van der Waals surface area contributed by atoms with E-state index in [1.54, 1.807) is 37.0 Å². The standard InChI is InChI=1S/C11H13N5O/c1-7-9(5-8(12)6-13-7)11(17)14-10-3-4-16(2)15-10/h3-6H,12H2,1-2H3,(H,14,15,17). The lowest BCUT2D eigenvalue weighted by Crippen LogP contribution is -2.15. The second-order valence-corrected chi connectivity index (χ2v) is 3.73. The number of nitrogen functional groups attached to an aromatic ring is 1. The van der Waals surface area contributed by atoms with Crippen LogP contribution >= 0.6 is 0 Å². The molecule has 17 heavy (non-hydrogen) atoms. The zero-order valence-electron chi connectivity index (χ0n) is 9.64. The van der Waals surface area contributed by atoms with Crippen LogP contribution in [-0.4, -0.2) is 20.7 Å². The van der Waals surface area contributed by atoms with E-state index < -0.39 is 0 Å². The number of nitrogens with two attached hydrogens (primary N) is 1. The Kier molecular flexibility index (Phi) is 2.78. The number of rotatable bonds is 2. The van der Waals surface area contributed by atoms with Gasteiger partial charge in [0.1, 0.15) is 0 Å². The fraction of sp³-hybridized carbons (Fsp3) is 0.182. The van der Waals surface area contributed by atoms with Crippen molar-refractivity contribution in [3.63, 3.8) is 0 Å². The fourth-order valence-electron chi connectivity index (χ4n) is 1.44. The Morgan fingerprint density at radius 3 is 2.94 bits per heavy atom. The van der Waals surface area contributed by atoms with Gasteiger partial charge in [-0.2, -0.15) is 5.10 Å². The van der Waals surface area contributed by atoms with Crippen LogP contribution in [0.3, 0.4) is 0 Å². The molecule has 0 saturated carbocycles. The van der Waals surface area contributed by atoms with E-state index in [9.17, 15) is 4.79 Å². The molecule has 2 rings (SSSR count). The Hall–Kier alpha value is -2.37. The summed E-state index contributed by atoms with van der Waals surface area (Å²) in [4.78, 5) is 16.0. The summed E-state index contributed by atoms with van der Waals surface area (Å²) in [5.74, 6) is 0.236. The Morgan fingerprint density at radius 1 is 1.53 bits per heavy atom. The lowest BCUT2D eigenvalue weighted by molar-refractivity contribution is 0.102. The number of anilines is 2. The molecule has 0 aliphatic heterocycles. The summed E-state index contributed by atoms with van der Waals surface area (Å²) in [6.07, 6.45) is 3.27. The van der Waals surface area contributed by atoms with Gasteiger partial charge in [0.2, 0.25) is 0 Å². The number of aryl methyl sites for hydroxylation is 2. The first-order valence-electron chi connectivity index (χ1n) is 5.09. The molecule has 2 aromatic heterocycles. The van der Waals surface area contributed by atoms with Crippen molar-refractivity contribution in [2.45, 2.75) is 6.92 Å². The van der Waals surface area contributed by atoms with Crippen LogP contribution in [0.2, 0.25) is 0 Å². The molecule has 6 heteroatoms. The van der Waals surface area contributed by atoms with Crippen molar-refractivity contribution in [1.29, 1.82) is 0 Å². The molecule has 3 N–H and O–H groups in total. The van der Waals surface area contributed by atoms with Crippen molar-refractivity contribution in [2.24, 2.45) is 7.05 Å². The summed E-state index contributed by atoms with van der Waals surface area (Å²) >= 11 is 0. The van der Waals surface area contributed by atoms with Crippen molar-refractivity contribution < 1.29 is 4.79 Å². The zero-order valence-corrected chi connectivity index (χ0v) is 9.64. The Balaban J connectivity index is 2.22. The van der Waals surface area contributed by atoms with Gasteiger partial charge in [0.25, 0.3) is 5.91 Å². The molecule has 0 saturated heterocycles. The maximum Gasteiger partial charge on any atom is 0.258 e. The van der Waals surface area contributed by atoms with E-state index in [1.165, 1.54) is 6.20 Å². The quantitative estimate of drug-likeness (QED) is 0.806. The normalized spacial score (nSPS) is 10.2. The molecule has 2 aromatic rings. The Labute approximate surface area is 98.5 Å². The van der Waals surface area contributed by atoms with Gasteiger partial charge in [-0.15, -0.1) is 0 Å². The number of nitrogens with zero attached hydrogens (tertiary/aromatic N) is 3. The van der Waals surface area contributed by atoms with Crippen LogP contribution in [0.1, 0.15) is 16.1 Å². The van der Waals surface area contributed by atoms with Gasteiger partial charge in [-0.25, -0.2) is 0 Å². The van der Waals surface area contributed by atoms with Crippen LogP contribution in [0, 0.1) is 6.92 Å². The molecule has 0 spiro atoms. The van der Waals surface area contributed by atoms with Crippen molar-refractivity contribution in [3.05, 3.63) is 35.8 Å². The van der Waals surface area contributed by atoms with Crippen LogP contribution in [0.4, 0.5) is 11.5 Å². The number of hydrogen-bond acceptors (Lipinski definition) is 4. The van der Waals surface area contributed by atoms with Crippen molar-refractivity contribution >= 4 is 17.4 Å². The van der Waals surface area contributed by atoms with E-state index in [2.05, 4.69) is 15.4 Å². The third kappa shape index (κ3) is 2.41. The van der Waals surface area contributed by atoms with E-state index in [1.807, 2.05) is 0 Å². The highest BCUT2D eigenvalue weighted by Gasteiger charge is 2.11. The average molecular weight is 231 g/mol. The van der Waals surface area contributed by atoms with Gasteiger partial charge >= 0.3 is 0 Å². The molecule has 2 heterocycles. The molecule has 0 fully saturated rings. The Bertz CT molecular complexity index is 561. The first-order valence-corrected chi connectivity index (χ1v) is 5.09. The summed E-state index contributed by atoms with van der Waals surface area (Å²) in [7, 11) is 1.78. The topological polar surface area (TPSA) is 85.8 Å². The molecule has 0 unspecified atom stereocenters. The minimum absolute atomic E-state index is 0.263. The molecular formula is C11H13N5O. The van der Waals surface area contributed by atoms with Gasteiger partial charge in [-0.1, -0.05) is 0 Å². The van der Waals surface area contributed by atoms with E-state index in [-0.39, 0.29) is 5.91 Å². The monoisotopic (exact) mass is 231 g/mol. The van der Waals surface area contributed by atoms with E-state index in [4.69, 9.17) is 5.73 Å². The second kappa shape index (κ2) is 4.25. The molecule has 0 aromatic carbocycles. The molecular weight excluding hydrogens is 218 g/mol. The van der Waals surface area contributed by atoms with E-state index >= 15 is 0 Å². The van der Waals surface area contributed by atoms with Gasteiger partial charge in [0.05, 0.1) is 23.1 Å². The number of hydrogen-bond donors (Lipinski definition) is 2. The maximum atomic E-state index is 11.9. The van der Waals surface area contributed by atoms with Crippen LogP contribution in [-0.2, 0) is 7.05 Å². The lowest BCUT2D eigenvalue weighted by Gasteiger charge is -2.05. The fourth-order valence-corrected chi connectivity index (χ4v) is 1.44. The summed E-state index contributed by atoms with van der Waals surface area (Å²) in [6.45, 7) is 1.76. The van der Waals surface area contributed by atoms with Gasteiger partial charge in [-0.3, -0.25) is 14.5 Å². The number of amides is 1. The largest absolute Gasteiger partial charge is 0.397 e. The van der Waals surface area contributed by atoms with E-state index in [0.29, 0.717) is 22.8 Å². The van der Waals surface area contributed by atoms with Crippen molar-refractivity contribution in [3.8, 4) is 0 Å². The highest BCUT2D eigenvalue weighted by atomic mass is 16.1. The van der Waals surface area contributed by atoms with Crippen LogP contribution in [0.15, 0.2) is 24.5 Å². The second-order valence-electron chi connectivity index (χ2n) is 3.73. The summed E-state index contributed by atoms with van der Waals surface area (Å²) in [5.41, 5.74) is 7.15. The van der Waals surface area contributed by atoms with Crippen molar-refractivity contribution in [2.75, 3.05) is 11.1 Å². The SMILES string of the molecule is Cc1ncc(N)cc1C(=O)Nc1ccn(C)n1. The summed E-state index contributed by atoms with van der Waals surface area (Å²) < 4.78 is 1.61. The summed E-state index contributed by atoms with van der Waals surface area (Å²) in [6, 6.07) is 3.31. The predicted octanol–water partition coefficient (Wildman–Crippen LogP) is 0.958. The van der Waals surface area contributed by atoms with Gasteiger partial charge in [-0.05, 0) is 13.0 Å². The van der Waals surface area contributed by atoms with Gasteiger partial charge in [0, 0.05) is 19.3 Å². The Morgan fingerprint density at radius 2 is 2.29 bits per heavy atom. The molecule has 88 valence electrons. The van der Waals surface area contributed by atoms with Crippen LogP contribution < -0.4 is 11.1 Å². The highest BCUT2D eigenvalue weighted by molar-refractivity contribution is 6.04. The van der Waals surface area contributed by atoms with Crippen LogP contribution in [0.25, 0.3) is 0 Å². The number of pyridine rings is 1. The molecule has 1 amide bonds. The number of aromatic nitrogens is 3. The molecule has 0 bridgehead atoms. The average Bonchev–Trinajstić information content (AvgIpc) is 2.67. The molecule has 0 aliphatic carbocycles. The number of nitrogens with one attached hydrogen (secondary N) is 1. The molecule has 0 aliphatic rings. The predicted molar refractivity (Wildman–Crippen MR) is 64.5 cm³/mol. The zero-order chi connectivity index (χ0) is 12.4. The molecule has 6 nitrogen and oxygen atoms in total. The minimum atomic E-state index is -0.263. The minimum Gasteiger partial charge on any atom is -0.397 e. The maximum absolute atomic E-state index is 11.9. The van der Waals surface area contributed by atoms with Crippen molar-refractivity contribution in [1.82, 2.24) is 14.8 Å². The first kappa shape index (κ1) is 11.1. The van der Waals surface area contributed by atoms with Gasteiger partial charge in [0.15, 0.2) is 5.82 Å². The molecule has 0 radical (unpaired) electrons. The third-order valence-corrected chi connectivity index (χ3v) is 2.31. The van der Waals surface area contributed by atoms with Crippen LogP contribution in [0.5, 0.6) is 0 Å². The van der Waals surface area contributed by atoms with E-state index in [0.717, 1.165) is 0 Å². The number of carbonyl (C=O) groups is 1. The highest BCUT2D eigenvalue weighted by Crippen LogP contribution is 2.12. The molecule has 0 atom stereocenters. The first-order chi connectivity index (χ1) is 8.06. The summed E-state index contributed by atoms with van der Waals surface area (Å²) in [5, 5.41) is 6.74.